The largest absolute Gasteiger partial charge is 0.452 e. The van der Waals surface area contributed by atoms with Gasteiger partial charge in [-0.2, -0.15) is 5.10 Å². The second-order valence-electron chi connectivity index (χ2n) is 7.36. The number of aryl methyl sites for hydroxylation is 1. The van der Waals surface area contributed by atoms with Crippen LogP contribution in [-0.4, -0.2) is 28.3 Å². The van der Waals surface area contributed by atoms with E-state index in [0.29, 0.717) is 5.56 Å². The van der Waals surface area contributed by atoms with Gasteiger partial charge in [0.25, 0.3) is 5.91 Å². The van der Waals surface area contributed by atoms with Crippen LogP contribution in [-0.2, 0) is 9.53 Å². The van der Waals surface area contributed by atoms with E-state index in [1.807, 2.05) is 62.4 Å². The van der Waals surface area contributed by atoms with Crippen LogP contribution in [0.15, 0.2) is 79.0 Å². The van der Waals surface area contributed by atoms with Crippen molar-refractivity contribution in [3.05, 3.63) is 95.8 Å². The maximum Gasteiger partial charge on any atom is 0.338 e. The molecule has 0 unspecified atom stereocenters. The van der Waals surface area contributed by atoms with Crippen molar-refractivity contribution in [2.24, 2.45) is 0 Å². The van der Waals surface area contributed by atoms with Crippen molar-refractivity contribution in [1.82, 2.24) is 15.1 Å². The maximum atomic E-state index is 12.3. The number of hydrogen-bond acceptors (Lipinski definition) is 4. The van der Waals surface area contributed by atoms with Crippen LogP contribution in [0.4, 0.5) is 0 Å². The minimum absolute atomic E-state index is 0.214. The lowest BCUT2D eigenvalue weighted by molar-refractivity contribution is -0.124. The van der Waals surface area contributed by atoms with Gasteiger partial charge in [-0.15, -0.1) is 0 Å². The van der Waals surface area contributed by atoms with E-state index in [9.17, 15) is 9.59 Å². The monoisotopic (exact) mass is 413 g/mol. The van der Waals surface area contributed by atoms with E-state index in [4.69, 9.17) is 4.74 Å². The van der Waals surface area contributed by atoms with E-state index < -0.39 is 5.97 Å². The molecule has 1 heterocycles. The van der Waals surface area contributed by atoms with E-state index in [1.54, 1.807) is 35.1 Å². The van der Waals surface area contributed by atoms with Crippen molar-refractivity contribution in [2.45, 2.75) is 19.9 Å². The Bertz CT molecular complexity index is 1220. The van der Waals surface area contributed by atoms with Crippen LogP contribution < -0.4 is 5.32 Å². The molecule has 0 aliphatic rings. The van der Waals surface area contributed by atoms with Crippen LogP contribution in [0.3, 0.4) is 0 Å². The number of ether oxygens (including phenoxy) is 1. The van der Waals surface area contributed by atoms with E-state index in [2.05, 4.69) is 10.4 Å². The first-order valence-electron chi connectivity index (χ1n) is 10.1. The summed E-state index contributed by atoms with van der Waals surface area (Å²) >= 11 is 0. The molecule has 0 spiro atoms. The van der Waals surface area contributed by atoms with Crippen LogP contribution >= 0.6 is 0 Å². The maximum absolute atomic E-state index is 12.3. The third-order valence-electron chi connectivity index (χ3n) is 5.18. The van der Waals surface area contributed by atoms with Gasteiger partial charge in [-0.25, -0.2) is 9.48 Å². The summed E-state index contributed by atoms with van der Waals surface area (Å²) in [6.07, 6.45) is 1.72. The van der Waals surface area contributed by atoms with Gasteiger partial charge in [0.2, 0.25) is 0 Å². The second-order valence-corrected chi connectivity index (χ2v) is 7.36. The molecule has 4 aromatic rings. The molecule has 1 aromatic heterocycles. The number of carbonyl (C=O) groups is 2. The first kappa shape index (κ1) is 20.3. The molecule has 1 amide bonds. The van der Waals surface area contributed by atoms with Crippen LogP contribution in [0.25, 0.3) is 16.5 Å². The van der Waals surface area contributed by atoms with Crippen molar-refractivity contribution in [3.8, 4) is 5.69 Å². The lowest BCUT2D eigenvalue weighted by Crippen LogP contribution is -2.31. The normalized spacial score (nSPS) is 11.8. The number of aromatic nitrogens is 2. The Labute approximate surface area is 180 Å². The zero-order valence-electron chi connectivity index (χ0n) is 17.4. The number of nitrogens with zero attached hydrogens (tertiary/aromatic N) is 2. The highest BCUT2D eigenvalue weighted by Gasteiger charge is 2.15. The van der Waals surface area contributed by atoms with Crippen molar-refractivity contribution in [3.63, 3.8) is 0 Å². The fourth-order valence-corrected chi connectivity index (χ4v) is 3.58. The molecule has 156 valence electrons. The van der Waals surface area contributed by atoms with Crippen molar-refractivity contribution in [2.75, 3.05) is 6.61 Å². The molecule has 4 rings (SSSR count). The Morgan fingerprint density at radius 1 is 1.00 bits per heavy atom. The number of hydrogen-bond donors (Lipinski definition) is 1. The second kappa shape index (κ2) is 8.83. The van der Waals surface area contributed by atoms with Crippen LogP contribution in [0.2, 0.25) is 0 Å². The lowest BCUT2D eigenvalue weighted by atomic mass is 10.00. The number of benzene rings is 3. The SMILES string of the molecule is Cc1ccnn1-c1ccc(C(=O)OCC(=O)N[C@H](C)c2cccc3ccccc23)cc1. The third kappa shape index (κ3) is 4.48. The van der Waals surface area contributed by atoms with Gasteiger partial charge in [-0.05, 0) is 60.5 Å². The van der Waals surface area contributed by atoms with E-state index in [0.717, 1.165) is 27.7 Å². The topological polar surface area (TPSA) is 73.2 Å². The number of amides is 1. The molecule has 1 N–H and O–H groups in total. The highest BCUT2D eigenvalue weighted by atomic mass is 16.5. The number of fused-ring (bicyclic) bond motifs is 1. The highest BCUT2D eigenvalue weighted by molar-refractivity contribution is 5.92. The van der Waals surface area contributed by atoms with Crippen LogP contribution in [0.5, 0.6) is 0 Å². The highest BCUT2D eigenvalue weighted by Crippen LogP contribution is 2.24. The average molecular weight is 413 g/mol. The summed E-state index contributed by atoms with van der Waals surface area (Å²) in [5.74, 6) is -0.894. The summed E-state index contributed by atoms with van der Waals surface area (Å²) in [5.41, 5.74) is 3.23. The average Bonchev–Trinajstić information content (AvgIpc) is 3.23. The van der Waals surface area contributed by atoms with Crippen LogP contribution in [0.1, 0.15) is 34.6 Å². The molecule has 0 bridgehead atoms. The van der Waals surface area contributed by atoms with E-state index >= 15 is 0 Å². The van der Waals surface area contributed by atoms with Gasteiger partial charge in [0.1, 0.15) is 0 Å². The van der Waals surface area contributed by atoms with Gasteiger partial charge in [0.15, 0.2) is 6.61 Å². The zero-order chi connectivity index (χ0) is 21.8. The molecule has 6 heteroatoms. The molecule has 0 saturated carbocycles. The Morgan fingerprint density at radius 2 is 1.74 bits per heavy atom. The van der Waals surface area contributed by atoms with Gasteiger partial charge in [-0.1, -0.05) is 42.5 Å². The molecule has 1 atom stereocenters. The number of esters is 1. The molecular weight excluding hydrogens is 390 g/mol. The fourth-order valence-electron chi connectivity index (χ4n) is 3.58. The molecule has 0 fully saturated rings. The van der Waals surface area contributed by atoms with Gasteiger partial charge in [0, 0.05) is 11.9 Å². The van der Waals surface area contributed by atoms with E-state index in [1.165, 1.54) is 0 Å². The summed E-state index contributed by atoms with van der Waals surface area (Å²) in [6, 6.07) is 22.6. The minimum Gasteiger partial charge on any atom is -0.452 e. The van der Waals surface area contributed by atoms with Gasteiger partial charge < -0.3 is 10.1 Å². The number of rotatable bonds is 6. The summed E-state index contributed by atoms with van der Waals surface area (Å²) in [4.78, 5) is 24.7. The van der Waals surface area contributed by atoms with Crippen molar-refractivity contribution < 1.29 is 14.3 Å². The predicted octanol–water partition coefficient (Wildman–Crippen LogP) is 4.37. The fraction of sp³-hybridized carbons (Fsp3) is 0.160. The van der Waals surface area contributed by atoms with Crippen LogP contribution in [0, 0.1) is 6.92 Å². The number of nitrogens with one attached hydrogen (secondary N) is 1. The van der Waals surface area contributed by atoms with E-state index in [-0.39, 0.29) is 18.6 Å². The Balaban J connectivity index is 1.35. The zero-order valence-corrected chi connectivity index (χ0v) is 17.4. The quantitative estimate of drug-likeness (QED) is 0.477. The molecular formula is C25H23N3O3. The lowest BCUT2D eigenvalue weighted by Gasteiger charge is -2.16. The van der Waals surface area contributed by atoms with Gasteiger partial charge >= 0.3 is 5.97 Å². The summed E-state index contributed by atoms with van der Waals surface area (Å²) < 4.78 is 6.97. The first-order chi connectivity index (χ1) is 15.0. The molecule has 6 nitrogen and oxygen atoms in total. The Hall–Kier alpha value is -3.93. The first-order valence-corrected chi connectivity index (χ1v) is 10.1. The summed E-state index contributed by atoms with van der Waals surface area (Å²) in [6.45, 7) is 3.53. The minimum atomic E-state index is -0.545. The standard InChI is InChI=1S/C25H23N3O3/c1-17-14-15-26-28(17)21-12-10-20(11-13-21)25(30)31-16-24(29)27-18(2)22-9-5-7-19-6-3-4-8-23(19)22/h3-15,18H,16H2,1-2H3,(H,27,29)/t18-/m1/s1. The van der Waals surface area contributed by atoms with Crippen molar-refractivity contribution in [1.29, 1.82) is 0 Å². The smallest absolute Gasteiger partial charge is 0.338 e. The predicted molar refractivity (Wildman–Crippen MR) is 119 cm³/mol. The third-order valence-corrected chi connectivity index (χ3v) is 5.18. The Kier molecular flexibility index (Phi) is 5.80. The molecule has 0 aliphatic carbocycles. The van der Waals surface area contributed by atoms with Gasteiger partial charge in [0.05, 0.1) is 17.3 Å². The van der Waals surface area contributed by atoms with Crippen molar-refractivity contribution >= 4 is 22.6 Å². The summed E-state index contributed by atoms with van der Waals surface area (Å²) in [5, 5.41) is 9.34. The Morgan fingerprint density at radius 3 is 2.48 bits per heavy atom. The van der Waals surface area contributed by atoms with Gasteiger partial charge in [-0.3, -0.25) is 4.79 Å². The molecule has 0 radical (unpaired) electrons. The summed E-state index contributed by atoms with van der Waals surface area (Å²) in [7, 11) is 0. The molecule has 31 heavy (non-hydrogen) atoms. The molecule has 0 aliphatic heterocycles. The number of carbonyl (C=O) groups excluding carboxylic acids is 2. The molecule has 0 saturated heterocycles. The molecule has 3 aromatic carbocycles.